The summed E-state index contributed by atoms with van der Waals surface area (Å²) in [7, 11) is 0. The lowest BCUT2D eigenvalue weighted by atomic mass is 9.88. The topological polar surface area (TPSA) is 15.3 Å². The zero-order valence-electron chi connectivity index (χ0n) is 15.2. The van der Waals surface area contributed by atoms with Gasteiger partial charge >= 0.3 is 0 Å². The van der Waals surface area contributed by atoms with Crippen molar-refractivity contribution in [1.29, 1.82) is 0 Å². The number of rotatable bonds is 7. The highest BCUT2D eigenvalue weighted by atomic mass is 15.2. The summed E-state index contributed by atoms with van der Waals surface area (Å²) >= 11 is 0. The lowest BCUT2D eigenvalue weighted by molar-refractivity contribution is 0.332. The lowest BCUT2D eigenvalue weighted by Gasteiger charge is -2.33. The maximum Gasteiger partial charge on any atom is 0.0679 e. The molecule has 1 heterocycles. The van der Waals surface area contributed by atoms with Crippen LogP contribution in [0.1, 0.15) is 57.1 Å². The van der Waals surface area contributed by atoms with Crippen molar-refractivity contribution in [3.8, 4) is 0 Å². The molecule has 0 aliphatic carbocycles. The van der Waals surface area contributed by atoms with Crippen molar-refractivity contribution in [3.63, 3.8) is 0 Å². The van der Waals surface area contributed by atoms with Crippen LogP contribution in [-0.2, 0) is 0 Å². The van der Waals surface area contributed by atoms with Crippen LogP contribution >= 0.6 is 0 Å². The van der Waals surface area contributed by atoms with Crippen molar-refractivity contribution in [2.75, 3.05) is 6.54 Å². The second-order valence-electron chi connectivity index (χ2n) is 6.92. The number of hydrogen-bond donors (Lipinski definition) is 1. The van der Waals surface area contributed by atoms with Crippen LogP contribution in [0, 0.1) is 6.92 Å². The molecule has 1 saturated heterocycles. The fraction of sp³-hybridized carbons (Fsp3) is 0.524. The molecular formula is C21H32N2. The van der Waals surface area contributed by atoms with Gasteiger partial charge in [-0.1, -0.05) is 51.3 Å². The van der Waals surface area contributed by atoms with Crippen LogP contribution in [0.15, 0.2) is 48.8 Å². The van der Waals surface area contributed by atoms with Crippen molar-refractivity contribution in [1.82, 2.24) is 10.2 Å². The molecule has 1 aromatic rings. The normalized spacial score (nSPS) is 20.2. The van der Waals surface area contributed by atoms with E-state index >= 15 is 0 Å². The Morgan fingerprint density at radius 3 is 2.65 bits per heavy atom. The standard InChI is InChI=1S/C21H32N2/c1-7-20(17(5)19-12-9-8-11-16(19)4)22-18(6)21-13-10-14-23(21)15(2)3/h8-9,11-12,17,20-22H,2,6-7,10,13-14H2,1,3-5H3. The predicted molar refractivity (Wildman–Crippen MR) is 100 cm³/mol. The number of hydrogen-bond acceptors (Lipinski definition) is 2. The number of allylic oxidation sites excluding steroid dienone is 1. The molecule has 3 unspecified atom stereocenters. The van der Waals surface area contributed by atoms with E-state index in [2.05, 4.69) is 75.3 Å². The van der Waals surface area contributed by atoms with Gasteiger partial charge in [0.25, 0.3) is 0 Å². The molecule has 1 aromatic carbocycles. The van der Waals surface area contributed by atoms with E-state index in [4.69, 9.17) is 0 Å². The quantitative estimate of drug-likeness (QED) is 0.764. The number of nitrogens with one attached hydrogen (secondary N) is 1. The van der Waals surface area contributed by atoms with Crippen LogP contribution in [0.4, 0.5) is 0 Å². The Labute approximate surface area is 142 Å². The maximum absolute atomic E-state index is 4.36. The molecule has 1 N–H and O–H groups in total. The zero-order valence-corrected chi connectivity index (χ0v) is 15.2. The monoisotopic (exact) mass is 312 g/mol. The lowest BCUT2D eigenvalue weighted by Crippen LogP contribution is -2.40. The average Bonchev–Trinajstić information content (AvgIpc) is 3.02. The Morgan fingerprint density at radius 2 is 2.04 bits per heavy atom. The van der Waals surface area contributed by atoms with Crippen LogP contribution in [0.2, 0.25) is 0 Å². The van der Waals surface area contributed by atoms with Crippen molar-refractivity contribution < 1.29 is 0 Å². The van der Waals surface area contributed by atoms with Gasteiger partial charge in [0, 0.05) is 29.9 Å². The van der Waals surface area contributed by atoms with Gasteiger partial charge in [-0.2, -0.15) is 0 Å². The fourth-order valence-corrected chi connectivity index (χ4v) is 3.82. The van der Waals surface area contributed by atoms with Crippen molar-refractivity contribution in [2.24, 2.45) is 0 Å². The summed E-state index contributed by atoms with van der Waals surface area (Å²) in [4.78, 5) is 2.39. The Kier molecular flexibility index (Phi) is 5.92. The molecule has 3 atom stereocenters. The first-order valence-corrected chi connectivity index (χ1v) is 8.88. The minimum atomic E-state index is 0.394. The molecule has 0 radical (unpaired) electrons. The fourth-order valence-electron chi connectivity index (χ4n) is 3.82. The Hall–Kier alpha value is -1.70. The highest BCUT2D eigenvalue weighted by Crippen LogP contribution is 2.28. The van der Waals surface area contributed by atoms with Crippen LogP contribution in [0.3, 0.4) is 0 Å². The van der Waals surface area contributed by atoms with Gasteiger partial charge in [-0.15, -0.1) is 0 Å². The first-order chi connectivity index (χ1) is 11.0. The zero-order chi connectivity index (χ0) is 17.0. The smallest absolute Gasteiger partial charge is 0.0679 e. The number of nitrogens with zero attached hydrogens (tertiary/aromatic N) is 1. The first kappa shape index (κ1) is 17.7. The molecule has 23 heavy (non-hydrogen) atoms. The second kappa shape index (κ2) is 7.72. The van der Waals surface area contributed by atoms with Gasteiger partial charge in [-0.25, -0.2) is 0 Å². The molecule has 0 amide bonds. The van der Waals surface area contributed by atoms with E-state index in [-0.39, 0.29) is 0 Å². The molecular weight excluding hydrogens is 280 g/mol. The number of aryl methyl sites for hydroxylation is 1. The summed E-state index contributed by atoms with van der Waals surface area (Å²) in [6.07, 6.45) is 3.49. The van der Waals surface area contributed by atoms with Gasteiger partial charge in [-0.3, -0.25) is 0 Å². The first-order valence-electron chi connectivity index (χ1n) is 8.88. The van der Waals surface area contributed by atoms with Gasteiger partial charge in [0.15, 0.2) is 0 Å². The van der Waals surface area contributed by atoms with E-state index in [1.165, 1.54) is 24.0 Å². The van der Waals surface area contributed by atoms with Gasteiger partial charge in [0.2, 0.25) is 0 Å². The van der Waals surface area contributed by atoms with Gasteiger partial charge < -0.3 is 10.2 Å². The molecule has 0 aromatic heterocycles. The van der Waals surface area contributed by atoms with Crippen molar-refractivity contribution in [2.45, 2.75) is 65.0 Å². The molecule has 2 rings (SSSR count). The average molecular weight is 313 g/mol. The van der Waals surface area contributed by atoms with Crippen LogP contribution < -0.4 is 5.32 Å². The summed E-state index contributed by atoms with van der Waals surface area (Å²) in [5.74, 6) is 0.470. The van der Waals surface area contributed by atoms with E-state index in [0.717, 1.165) is 24.4 Å². The Bertz CT molecular complexity index is 561. The van der Waals surface area contributed by atoms with Gasteiger partial charge in [-0.05, 0) is 44.2 Å². The molecule has 0 saturated carbocycles. The largest absolute Gasteiger partial charge is 0.384 e. The summed E-state index contributed by atoms with van der Waals surface area (Å²) in [5, 5.41) is 3.74. The number of benzene rings is 1. The Balaban J connectivity index is 2.08. The summed E-state index contributed by atoms with van der Waals surface area (Å²) in [5.41, 5.74) is 5.10. The molecule has 0 bridgehead atoms. The minimum Gasteiger partial charge on any atom is -0.384 e. The predicted octanol–water partition coefficient (Wildman–Crippen LogP) is 4.98. The summed E-state index contributed by atoms with van der Waals surface area (Å²) in [6.45, 7) is 18.5. The maximum atomic E-state index is 4.36. The minimum absolute atomic E-state index is 0.394. The number of likely N-dealkylation sites (tertiary alicyclic amines) is 1. The molecule has 2 heteroatoms. The van der Waals surface area contributed by atoms with Crippen LogP contribution in [0.25, 0.3) is 0 Å². The SMILES string of the molecule is C=C(NC(CC)C(C)c1ccccc1C)C1CCCN1C(=C)C. The van der Waals surface area contributed by atoms with E-state index in [9.17, 15) is 0 Å². The molecule has 0 spiro atoms. The van der Waals surface area contributed by atoms with E-state index in [1.54, 1.807) is 0 Å². The van der Waals surface area contributed by atoms with Crippen molar-refractivity contribution >= 4 is 0 Å². The summed E-state index contributed by atoms with van der Waals surface area (Å²) in [6, 6.07) is 9.51. The van der Waals surface area contributed by atoms with Crippen LogP contribution in [-0.4, -0.2) is 23.5 Å². The third kappa shape index (κ3) is 3.99. The molecule has 1 aliphatic rings. The van der Waals surface area contributed by atoms with Gasteiger partial charge in [0.05, 0.1) is 6.04 Å². The van der Waals surface area contributed by atoms with Crippen LogP contribution in [0.5, 0.6) is 0 Å². The van der Waals surface area contributed by atoms with E-state index < -0.39 is 0 Å². The van der Waals surface area contributed by atoms with E-state index in [0.29, 0.717) is 18.0 Å². The molecule has 2 nitrogen and oxygen atoms in total. The molecule has 126 valence electrons. The third-order valence-electron chi connectivity index (χ3n) is 5.24. The van der Waals surface area contributed by atoms with E-state index in [1.807, 2.05) is 0 Å². The molecule has 1 aliphatic heterocycles. The molecule has 1 fully saturated rings. The summed E-state index contributed by atoms with van der Waals surface area (Å²) < 4.78 is 0. The second-order valence-corrected chi connectivity index (χ2v) is 6.92. The van der Waals surface area contributed by atoms with Crippen molar-refractivity contribution in [3.05, 3.63) is 59.9 Å². The highest BCUT2D eigenvalue weighted by Gasteiger charge is 2.28. The highest BCUT2D eigenvalue weighted by molar-refractivity contribution is 5.30. The third-order valence-corrected chi connectivity index (χ3v) is 5.24. The Morgan fingerprint density at radius 1 is 1.35 bits per heavy atom. The van der Waals surface area contributed by atoms with Gasteiger partial charge in [0.1, 0.15) is 0 Å².